The predicted molar refractivity (Wildman–Crippen MR) is 47.2 cm³/mol. The van der Waals surface area contributed by atoms with Crippen molar-refractivity contribution < 1.29 is 4.79 Å². The molecule has 0 aliphatic carbocycles. The molecule has 2 heteroatoms. The Kier molecular flexibility index (Phi) is 4.45. The van der Waals surface area contributed by atoms with Gasteiger partial charge in [0.05, 0.1) is 0 Å². The molecular weight excluding hydrogens is 144 g/mol. The van der Waals surface area contributed by atoms with Crippen LogP contribution in [-0.4, -0.2) is 11.5 Å². The second kappa shape index (κ2) is 4.56. The van der Waals surface area contributed by atoms with E-state index in [1.807, 2.05) is 13.8 Å². The zero-order valence-corrected chi connectivity index (χ0v) is 7.79. The lowest BCUT2D eigenvalue weighted by Gasteiger charge is -2.04. The van der Waals surface area contributed by atoms with Crippen molar-refractivity contribution in [1.82, 2.24) is 0 Å². The monoisotopic (exact) mass is 158 g/mol. The molecule has 0 saturated carbocycles. The smallest absolute Gasteiger partial charge is 0.156 e. The molecule has 0 aromatic heterocycles. The highest BCUT2D eigenvalue weighted by molar-refractivity contribution is 8.04. The molecule has 0 heterocycles. The highest BCUT2D eigenvalue weighted by atomic mass is 32.2. The number of hydrogen-bond donors (Lipinski definition) is 0. The maximum Gasteiger partial charge on any atom is 0.156 e. The zero-order valence-electron chi connectivity index (χ0n) is 6.97. The van der Waals surface area contributed by atoms with Gasteiger partial charge in [0, 0.05) is 10.2 Å². The Morgan fingerprint density at radius 3 is 2.00 bits per heavy atom. The van der Waals surface area contributed by atoms with E-state index in [2.05, 4.69) is 13.8 Å². The van der Waals surface area contributed by atoms with Crippen LogP contribution in [0.4, 0.5) is 0 Å². The van der Waals surface area contributed by atoms with Crippen molar-refractivity contribution in [2.45, 2.75) is 32.9 Å². The molecule has 1 nitrogen and oxygen atoms in total. The average Bonchev–Trinajstić information content (AvgIpc) is 1.81. The first kappa shape index (κ1) is 9.76. The van der Waals surface area contributed by atoms with E-state index in [4.69, 9.17) is 0 Å². The molecule has 0 fully saturated rings. The predicted octanol–water partition coefficient (Wildman–Crippen LogP) is 2.62. The van der Waals surface area contributed by atoms with Gasteiger partial charge in [-0.15, -0.1) is 11.8 Å². The summed E-state index contributed by atoms with van der Waals surface area (Å²) in [5.74, 6) is 0. The molecule has 0 aliphatic heterocycles. The molecule has 0 atom stereocenters. The summed E-state index contributed by atoms with van der Waals surface area (Å²) in [6, 6.07) is 0. The summed E-state index contributed by atoms with van der Waals surface area (Å²) in [6.45, 7) is 8.08. The van der Waals surface area contributed by atoms with Crippen LogP contribution < -0.4 is 0 Å². The van der Waals surface area contributed by atoms with E-state index < -0.39 is 0 Å². The summed E-state index contributed by atoms with van der Waals surface area (Å²) in [6.07, 6.45) is 0.931. The van der Waals surface area contributed by atoms with Crippen molar-refractivity contribution in [3.63, 3.8) is 0 Å². The van der Waals surface area contributed by atoms with Crippen LogP contribution in [0.1, 0.15) is 27.7 Å². The number of allylic oxidation sites excluding steroid dienone is 2. The van der Waals surface area contributed by atoms with E-state index in [1.165, 1.54) is 0 Å². The van der Waals surface area contributed by atoms with Gasteiger partial charge in [0.2, 0.25) is 0 Å². The number of carbonyl (C=O) groups excluding carboxylic acids is 1. The fraction of sp³-hybridized carbons (Fsp3) is 0.625. The Balaban J connectivity index is 4.11. The fourth-order valence-electron chi connectivity index (χ4n) is 0.517. The van der Waals surface area contributed by atoms with Crippen molar-refractivity contribution in [3.8, 4) is 0 Å². The number of aldehydes is 1. The normalized spacial score (nSPS) is 9.70. The fourth-order valence-corrected chi connectivity index (χ4v) is 1.32. The summed E-state index contributed by atoms with van der Waals surface area (Å²) in [5, 5.41) is 0.495. The molecule has 0 spiro atoms. The van der Waals surface area contributed by atoms with Crippen molar-refractivity contribution >= 4 is 18.0 Å². The maximum atomic E-state index is 10.4. The summed E-state index contributed by atoms with van der Waals surface area (Å²) in [7, 11) is 0. The van der Waals surface area contributed by atoms with Gasteiger partial charge in [-0.2, -0.15) is 0 Å². The Hall–Kier alpha value is -0.240. The largest absolute Gasteiger partial charge is 0.297 e. The van der Waals surface area contributed by atoms with Crippen molar-refractivity contribution in [2.75, 3.05) is 0 Å². The topological polar surface area (TPSA) is 17.1 Å². The van der Waals surface area contributed by atoms with Crippen molar-refractivity contribution in [2.24, 2.45) is 0 Å². The number of rotatable bonds is 3. The second-order valence-electron chi connectivity index (χ2n) is 2.65. The van der Waals surface area contributed by atoms with Gasteiger partial charge >= 0.3 is 0 Å². The zero-order chi connectivity index (χ0) is 8.15. The minimum Gasteiger partial charge on any atom is -0.297 e. The first-order valence-electron chi connectivity index (χ1n) is 3.37. The molecule has 0 saturated heterocycles. The standard InChI is InChI=1S/C8H14OS/c1-6(2)8(5-9)10-7(3)4/h5,7H,1-4H3. The van der Waals surface area contributed by atoms with E-state index in [0.29, 0.717) is 5.25 Å². The molecule has 0 radical (unpaired) electrons. The molecule has 0 aromatic carbocycles. The van der Waals surface area contributed by atoms with Crippen LogP contribution in [0.25, 0.3) is 0 Å². The maximum absolute atomic E-state index is 10.4. The van der Waals surface area contributed by atoms with Crippen LogP contribution in [0.3, 0.4) is 0 Å². The first-order chi connectivity index (χ1) is 4.57. The van der Waals surface area contributed by atoms with E-state index in [0.717, 1.165) is 16.8 Å². The minimum absolute atomic E-state index is 0.495. The summed E-state index contributed by atoms with van der Waals surface area (Å²) in [4.78, 5) is 11.3. The molecule has 0 rings (SSSR count). The Morgan fingerprint density at radius 2 is 1.90 bits per heavy atom. The third kappa shape index (κ3) is 3.72. The lowest BCUT2D eigenvalue weighted by molar-refractivity contribution is -0.104. The van der Waals surface area contributed by atoms with E-state index >= 15 is 0 Å². The van der Waals surface area contributed by atoms with Gasteiger partial charge in [-0.3, -0.25) is 4.79 Å². The van der Waals surface area contributed by atoms with Crippen LogP contribution in [0.5, 0.6) is 0 Å². The molecule has 0 bridgehead atoms. The quantitative estimate of drug-likeness (QED) is 0.464. The lowest BCUT2D eigenvalue weighted by atomic mass is 10.3. The van der Waals surface area contributed by atoms with Gasteiger partial charge in [0.1, 0.15) is 0 Å². The van der Waals surface area contributed by atoms with Crippen LogP contribution in [-0.2, 0) is 4.79 Å². The Labute approximate surface area is 66.9 Å². The summed E-state index contributed by atoms with van der Waals surface area (Å²) >= 11 is 1.62. The van der Waals surface area contributed by atoms with Crippen molar-refractivity contribution in [3.05, 3.63) is 10.5 Å². The number of hydrogen-bond acceptors (Lipinski definition) is 2. The van der Waals surface area contributed by atoms with Gasteiger partial charge in [0.15, 0.2) is 6.29 Å². The minimum atomic E-state index is 0.495. The molecule has 0 amide bonds. The molecule has 58 valence electrons. The van der Waals surface area contributed by atoms with E-state index in [1.54, 1.807) is 11.8 Å². The van der Waals surface area contributed by atoms with Gasteiger partial charge in [-0.1, -0.05) is 19.4 Å². The van der Waals surface area contributed by atoms with Gasteiger partial charge in [-0.05, 0) is 13.8 Å². The van der Waals surface area contributed by atoms with Crippen molar-refractivity contribution in [1.29, 1.82) is 0 Å². The van der Waals surface area contributed by atoms with Gasteiger partial charge < -0.3 is 0 Å². The molecule has 0 aliphatic rings. The Bertz CT molecular complexity index is 143. The molecular formula is C8H14OS. The van der Waals surface area contributed by atoms with Crippen LogP contribution >= 0.6 is 11.8 Å². The molecule has 10 heavy (non-hydrogen) atoms. The van der Waals surface area contributed by atoms with Crippen LogP contribution in [0.15, 0.2) is 10.5 Å². The highest BCUT2D eigenvalue weighted by Crippen LogP contribution is 2.21. The van der Waals surface area contributed by atoms with E-state index in [-0.39, 0.29) is 0 Å². The summed E-state index contributed by atoms with van der Waals surface area (Å²) in [5.41, 5.74) is 1.11. The van der Waals surface area contributed by atoms with Crippen LogP contribution in [0.2, 0.25) is 0 Å². The third-order valence-corrected chi connectivity index (χ3v) is 2.19. The summed E-state index contributed by atoms with van der Waals surface area (Å²) < 4.78 is 0. The third-order valence-electron chi connectivity index (χ3n) is 0.963. The SMILES string of the molecule is CC(C)=C(C=O)SC(C)C. The lowest BCUT2D eigenvalue weighted by Crippen LogP contribution is -1.90. The molecule has 0 N–H and O–H groups in total. The second-order valence-corrected chi connectivity index (χ2v) is 4.27. The average molecular weight is 158 g/mol. The van der Waals surface area contributed by atoms with Gasteiger partial charge in [-0.25, -0.2) is 0 Å². The van der Waals surface area contributed by atoms with Crippen LogP contribution in [0, 0.1) is 0 Å². The number of carbonyl (C=O) groups is 1. The highest BCUT2D eigenvalue weighted by Gasteiger charge is 2.01. The first-order valence-corrected chi connectivity index (χ1v) is 4.25. The van der Waals surface area contributed by atoms with E-state index in [9.17, 15) is 4.79 Å². The molecule has 0 unspecified atom stereocenters. The Morgan fingerprint density at radius 1 is 1.40 bits per heavy atom. The van der Waals surface area contributed by atoms with Gasteiger partial charge in [0.25, 0.3) is 0 Å². The molecule has 0 aromatic rings. The number of thioether (sulfide) groups is 1.